The summed E-state index contributed by atoms with van der Waals surface area (Å²) in [5, 5.41) is 10.4. The maximum atomic E-state index is 15.0. The molecule has 2 aromatic heterocycles. The molecule has 8 nitrogen and oxygen atoms in total. The second kappa shape index (κ2) is 11.7. The first kappa shape index (κ1) is 27.1. The molecule has 1 saturated heterocycles. The zero-order valence-electron chi connectivity index (χ0n) is 22.4. The number of hydrogen-bond donors (Lipinski definition) is 0. The molecule has 1 fully saturated rings. The summed E-state index contributed by atoms with van der Waals surface area (Å²) in [6, 6.07) is 14.5. The summed E-state index contributed by atoms with van der Waals surface area (Å²) < 4.78 is 52.7. The van der Waals surface area contributed by atoms with Crippen LogP contribution in [0.25, 0.3) is 28.2 Å². The molecule has 0 unspecified atom stereocenters. The van der Waals surface area contributed by atoms with Crippen molar-refractivity contribution in [2.75, 3.05) is 47.6 Å². The van der Waals surface area contributed by atoms with E-state index in [0.29, 0.717) is 54.0 Å². The van der Waals surface area contributed by atoms with Crippen LogP contribution in [0.3, 0.4) is 0 Å². The van der Waals surface area contributed by atoms with Crippen LogP contribution in [0, 0.1) is 23.0 Å². The summed E-state index contributed by atoms with van der Waals surface area (Å²) in [5.41, 5.74) is 2.54. The third kappa shape index (κ3) is 5.21. The van der Waals surface area contributed by atoms with Gasteiger partial charge in [0, 0.05) is 48.7 Å². The lowest BCUT2D eigenvalue weighted by Gasteiger charge is -2.27. The number of aromatic nitrogens is 2. The van der Waals surface area contributed by atoms with Crippen LogP contribution < -0.4 is 14.2 Å². The van der Waals surface area contributed by atoms with Crippen LogP contribution in [0.4, 0.5) is 8.78 Å². The van der Waals surface area contributed by atoms with E-state index >= 15 is 4.39 Å². The highest BCUT2D eigenvalue weighted by Crippen LogP contribution is 2.43. The Labute approximate surface area is 230 Å². The smallest absolute Gasteiger partial charge is 0.203 e. The summed E-state index contributed by atoms with van der Waals surface area (Å²) in [5.74, 6) is 0.0358. The minimum Gasteiger partial charge on any atom is -0.493 e. The van der Waals surface area contributed by atoms with Gasteiger partial charge in [-0.1, -0.05) is 0 Å². The minimum atomic E-state index is -0.764. The molecule has 0 amide bonds. The topological polar surface area (TPSA) is 81.8 Å². The molecule has 0 N–H and O–H groups in total. The fraction of sp³-hybridized carbons (Fsp3) is 0.267. The van der Waals surface area contributed by atoms with Crippen LogP contribution in [0.5, 0.6) is 17.2 Å². The van der Waals surface area contributed by atoms with Gasteiger partial charge in [-0.25, -0.2) is 13.8 Å². The molecule has 0 radical (unpaired) electrons. The number of nitrogens with zero attached hydrogens (tertiary/aromatic N) is 4. The van der Waals surface area contributed by atoms with Crippen LogP contribution in [-0.2, 0) is 11.3 Å². The van der Waals surface area contributed by atoms with Crippen molar-refractivity contribution in [1.82, 2.24) is 14.5 Å². The molecule has 10 heteroatoms. The quantitative estimate of drug-likeness (QED) is 0.300. The number of halogens is 2. The lowest BCUT2D eigenvalue weighted by Crippen LogP contribution is -2.36. The van der Waals surface area contributed by atoms with Crippen molar-refractivity contribution in [1.29, 1.82) is 5.26 Å². The highest BCUT2D eigenvalue weighted by molar-refractivity contribution is 5.81. The van der Waals surface area contributed by atoms with E-state index in [1.54, 1.807) is 18.2 Å². The van der Waals surface area contributed by atoms with Crippen LogP contribution >= 0.6 is 0 Å². The lowest BCUT2D eigenvalue weighted by atomic mass is 9.97. The second-order valence-corrected chi connectivity index (χ2v) is 9.16. The number of morpholine rings is 1. The molecular formula is C30H28F2N4O4. The summed E-state index contributed by atoms with van der Waals surface area (Å²) in [7, 11) is 4.51. The molecule has 0 atom stereocenters. The number of ether oxygens (including phenoxy) is 4. The molecule has 0 bridgehead atoms. The largest absolute Gasteiger partial charge is 0.493 e. The Hall–Kier alpha value is -4.46. The Morgan fingerprint density at radius 1 is 0.950 bits per heavy atom. The molecule has 1 aliphatic heterocycles. The summed E-state index contributed by atoms with van der Waals surface area (Å²) in [6.07, 6.45) is 1.82. The standard InChI is InChI=1S/C30H28F2N4O4/c1-37-27-13-19(14-28(38-2)29(27)39-3)23-16-26(22-7-6-20(31)15-25(22)32)34-30(24(23)17-33)36-8-4-5-21(36)18-35-9-11-40-12-10-35/h4-8,13-16H,9-12,18H2,1-3H3. The van der Waals surface area contributed by atoms with Gasteiger partial charge in [0.25, 0.3) is 0 Å². The molecule has 0 spiro atoms. The van der Waals surface area contributed by atoms with E-state index in [1.165, 1.54) is 33.5 Å². The van der Waals surface area contributed by atoms with Gasteiger partial charge in [-0.2, -0.15) is 5.26 Å². The zero-order chi connectivity index (χ0) is 28.2. The molecule has 4 aromatic rings. The molecular weight excluding hydrogens is 518 g/mol. The van der Waals surface area contributed by atoms with Gasteiger partial charge in [-0.05, 0) is 48.0 Å². The van der Waals surface area contributed by atoms with Crippen molar-refractivity contribution in [2.24, 2.45) is 0 Å². The van der Waals surface area contributed by atoms with Crippen molar-refractivity contribution in [2.45, 2.75) is 6.54 Å². The van der Waals surface area contributed by atoms with Crippen molar-refractivity contribution in [3.8, 4) is 51.5 Å². The van der Waals surface area contributed by atoms with Gasteiger partial charge in [-0.15, -0.1) is 0 Å². The van der Waals surface area contributed by atoms with Gasteiger partial charge in [0.15, 0.2) is 17.3 Å². The predicted molar refractivity (Wildman–Crippen MR) is 145 cm³/mol. The van der Waals surface area contributed by atoms with Gasteiger partial charge in [-0.3, -0.25) is 4.90 Å². The Balaban J connectivity index is 1.75. The molecule has 3 heterocycles. The molecule has 0 aliphatic carbocycles. The van der Waals surface area contributed by atoms with Gasteiger partial charge < -0.3 is 23.5 Å². The maximum Gasteiger partial charge on any atom is 0.203 e. The van der Waals surface area contributed by atoms with Crippen LogP contribution in [-0.4, -0.2) is 62.1 Å². The van der Waals surface area contributed by atoms with E-state index in [9.17, 15) is 9.65 Å². The first-order valence-corrected chi connectivity index (χ1v) is 12.6. The molecule has 0 saturated carbocycles. The number of nitriles is 1. The fourth-order valence-corrected chi connectivity index (χ4v) is 4.86. The average Bonchev–Trinajstić information content (AvgIpc) is 3.44. The van der Waals surface area contributed by atoms with Crippen molar-refractivity contribution >= 4 is 0 Å². The van der Waals surface area contributed by atoms with Gasteiger partial charge in [0.1, 0.15) is 23.3 Å². The number of rotatable bonds is 8. The predicted octanol–water partition coefficient (Wildman–Crippen LogP) is 5.21. The van der Waals surface area contributed by atoms with Crippen LogP contribution in [0.2, 0.25) is 0 Å². The normalized spacial score (nSPS) is 13.6. The van der Waals surface area contributed by atoms with Crippen molar-refractivity contribution in [3.63, 3.8) is 0 Å². The van der Waals surface area contributed by atoms with Crippen molar-refractivity contribution in [3.05, 3.63) is 77.6 Å². The molecule has 1 aliphatic rings. The summed E-state index contributed by atoms with van der Waals surface area (Å²) in [6.45, 7) is 3.46. The van der Waals surface area contributed by atoms with Gasteiger partial charge >= 0.3 is 0 Å². The highest BCUT2D eigenvalue weighted by atomic mass is 19.1. The third-order valence-electron chi connectivity index (χ3n) is 6.85. The van der Waals surface area contributed by atoms with Crippen LogP contribution in [0.15, 0.2) is 54.7 Å². The van der Waals surface area contributed by atoms with E-state index in [-0.39, 0.29) is 16.8 Å². The number of methoxy groups -OCH3 is 3. The summed E-state index contributed by atoms with van der Waals surface area (Å²) in [4.78, 5) is 7.01. The molecule has 2 aromatic carbocycles. The highest BCUT2D eigenvalue weighted by Gasteiger charge is 2.23. The second-order valence-electron chi connectivity index (χ2n) is 9.16. The van der Waals surface area contributed by atoms with Gasteiger partial charge in [0.05, 0.1) is 40.2 Å². The maximum absolute atomic E-state index is 15.0. The van der Waals surface area contributed by atoms with Crippen LogP contribution in [0.1, 0.15) is 11.3 Å². The third-order valence-corrected chi connectivity index (χ3v) is 6.85. The first-order valence-electron chi connectivity index (χ1n) is 12.6. The minimum absolute atomic E-state index is 0.0997. The first-order chi connectivity index (χ1) is 19.5. The van der Waals surface area contributed by atoms with Crippen molar-refractivity contribution < 1.29 is 27.7 Å². The monoisotopic (exact) mass is 546 g/mol. The SMILES string of the molecule is COc1cc(-c2cc(-c3ccc(F)cc3F)nc(-n3cccc3CN3CCOCC3)c2C#N)cc(OC)c1OC. The Bertz CT molecular complexity index is 1550. The molecule has 206 valence electrons. The number of hydrogen-bond acceptors (Lipinski definition) is 7. The fourth-order valence-electron chi connectivity index (χ4n) is 4.86. The zero-order valence-corrected chi connectivity index (χ0v) is 22.4. The van der Waals surface area contributed by atoms with E-state index < -0.39 is 11.6 Å². The Morgan fingerprint density at radius 3 is 2.30 bits per heavy atom. The van der Waals surface area contributed by atoms with E-state index in [1.807, 2.05) is 22.9 Å². The number of pyridine rings is 1. The van der Waals surface area contributed by atoms with E-state index in [2.05, 4.69) is 11.0 Å². The molecule has 40 heavy (non-hydrogen) atoms. The van der Waals surface area contributed by atoms with E-state index in [0.717, 1.165) is 24.8 Å². The lowest BCUT2D eigenvalue weighted by molar-refractivity contribution is 0.0334. The Morgan fingerprint density at radius 2 is 1.68 bits per heavy atom. The van der Waals surface area contributed by atoms with E-state index in [4.69, 9.17) is 23.9 Å². The summed E-state index contributed by atoms with van der Waals surface area (Å²) >= 11 is 0. The number of benzene rings is 2. The van der Waals surface area contributed by atoms with Gasteiger partial charge in [0.2, 0.25) is 5.75 Å². The Kier molecular flexibility index (Phi) is 7.96. The average molecular weight is 547 g/mol. The molecule has 5 rings (SSSR count).